The largest absolute Gasteiger partial charge is 0.342 e. The van der Waals surface area contributed by atoms with Crippen LogP contribution in [0.4, 0.5) is 0 Å². The van der Waals surface area contributed by atoms with E-state index in [0.29, 0.717) is 31.2 Å². The molecule has 3 saturated heterocycles. The average Bonchev–Trinajstić information content (AvgIpc) is 3.45. The Morgan fingerprint density at radius 3 is 2.20 bits per heavy atom. The zero-order valence-electron chi connectivity index (χ0n) is 26.3. The van der Waals surface area contributed by atoms with Crippen LogP contribution in [0.15, 0.2) is 54.6 Å². The van der Waals surface area contributed by atoms with Crippen LogP contribution in [0.3, 0.4) is 0 Å². The number of hydrogen-bond donors (Lipinski definition) is 1. The van der Waals surface area contributed by atoms with E-state index in [1.807, 2.05) is 10.8 Å². The van der Waals surface area contributed by atoms with Crippen molar-refractivity contribution in [1.82, 2.24) is 24.1 Å². The smallest absolute Gasteiger partial charge is 0.248 e. The number of carbonyl (C=O) groups is 2. The monoisotopic (exact) mass is 619 g/mol. The normalized spacial score (nSPS) is 24.0. The van der Waals surface area contributed by atoms with Gasteiger partial charge in [-0.25, -0.2) is 13.4 Å². The standard InChI is InChI=1S/C34H45N5O4S/c1-24-35-29-12-8-9-13-30(29)39(24)28-22-26-14-15-27(23-28)38(26)21-18-34(25-10-6-5-7-11-25)16-19-37(20-17-34)32(41)33(2,3)31(40)36-44(4,42)43/h5-13,26-28H,14-23H2,1-4H3,(H,36,40)/t26-,27+,28+. The molecule has 2 amide bonds. The van der Waals surface area contributed by atoms with Crippen LogP contribution in [0.2, 0.25) is 0 Å². The van der Waals surface area contributed by atoms with Crippen LogP contribution in [-0.2, 0) is 25.0 Å². The summed E-state index contributed by atoms with van der Waals surface area (Å²) in [5, 5.41) is 0. The molecule has 6 rings (SSSR count). The number of para-hydroxylation sites is 2. The maximum atomic E-state index is 13.5. The summed E-state index contributed by atoms with van der Waals surface area (Å²) in [4.78, 5) is 35.5. The number of fused-ring (bicyclic) bond motifs is 3. The summed E-state index contributed by atoms with van der Waals surface area (Å²) in [5.74, 6) is -0.0178. The van der Waals surface area contributed by atoms with Crippen LogP contribution in [-0.4, -0.2) is 77.6 Å². The number of benzene rings is 2. The van der Waals surface area contributed by atoms with Crippen LogP contribution in [0.5, 0.6) is 0 Å². The first kappa shape index (κ1) is 30.8. The number of carbonyl (C=O) groups excluding carboxylic acids is 2. The first-order valence-electron chi connectivity index (χ1n) is 15.9. The van der Waals surface area contributed by atoms with Gasteiger partial charge in [0.15, 0.2) is 0 Å². The Hall–Kier alpha value is -3.24. The highest BCUT2D eigenvalue weighted by molar-refractivity contribution is 7.89. The van der Waals surface area contributed by atoms with E-state index in [4.69, 9.17) is 4.98 Å². The minimum Gasteiger partial charge on any atom is -0.342 e. The van der Waals surface area contributed by atoms with Gasteiger partial charge in [-0.3, -0.25) is 19.2 Å². The van der Waals surface area contributed by atoms with E-state index in [-0.39, 0.29) is 11.3 Å². The molecule has 10 heteroatoms. The van der Waals surface area contributed by atoms with Gasteiger partial charge in [-0.15, -0.1) is 0 Å². The van der Waals surface area contributed by atoms with Gasteiger partial charge in [0.25, 0.3) is 0 Å². The van der Waals surface area contributed by atoms with Crippen LogP contribution >= 0.6 is 0 Å². The summed E-state index contributed by atoms with van der Waals surface area (Å²) in [7, 11) is -3.76. The Kier molecular flexibility index (Phi) is 8.11. The summed E-state index contributed by atoms with van der Waals surface area (Å²) in [5.41, 5.74) is 2.09. The molecule has 9 nitrogen and oxygen atoms in total. The van der Waals surface area contributed by atoms with Gasteiger partial charge >= 0.3 is 0 Å². The van der Waals surface area contributed by atoms with E-state index in [9.17, 15) is 18.0 Å². The number of imidazole rings is 1. The SMILES string of the molecule is Cc1nc2ccccc2n1[C@H]1C[C@H]2CC[C@@H](C1)N2CCC1(c2ccccc2)CCN(C(=O)C(C)(C)C(=O)NS(C)(=O)=O)CC1. The van der Waals surface area contributed by atoms with Crippen molar-refractivity contribution in [2.24, 2.45) is 5.41 Å². The molecule has 0 aliphatic carbocycles. The number of sulfonamides is 1. The molecular formula is C34H45N5O4S. The molecule has 3 aliphatic rings. The van der Waals surface area contributed by atoms with Crippen LogP contribution in [0.25, 0.3) is 11.0 Å². The maximum Gasteiger partial charge on any atom is 0.248 e. The quantitative estimate of drug-likeness (QED) is 0.371. The highest BCUT2D eigenvalue weighted by Gasteiger charge is 2.46. The number of hydrogen-bond acceptors (Lipinski definition) is 6. The van der Waals surface area contributed by atoms with Gasteiger partial charge in [-0.05, 0) is 95.4 Å². The molecule has 3 fully saturated rings. The number of nitrogens with zero attached hydrogens (tertiary/aromatic N) is 4. The second-order valence-electron chi connectivity index (χ2n) is 13.8. The van der Waals surface area contributed by atoms with E-state index >= 15 is 0 Å². The first-order valence-corrected chi connectivity index (χ1v) is 17.8. The second-order valence-corrected chi connectivity index (χ2v) is 15.5. The molecule has 0 unspecified atom stereocenters. The van der Waals surface area contributed by atoms with Crippen molar-refractivity contribution < 1.29 is 18.0 Å². The fourth-order valence-electron chi connectivity index (χ4n) is 8.19. The Morgan fingerprint density at radius 1 is 0.955 bits per heavy atom. The van der Waals surface area contributed by atoms with Crippen molar-refractivity contribution in [3.8, 4) is 0 Å². The highest BCUT2D eigenvalue weighted by atomic mass is 32.2. The minimum atomic E-state index is -3.76. The Labute approximate surface area is 261 Å². The predicted octanol–water partition coefficient (Wildman–Crippen LogP) is 4.57. The molecule has 4 heterocycles. The van der Waals surface area contributed by atoms with Gasteiger partial charge < -0.3 is 9.47 Å². The van der Waals surface area contributed by atoms with E-state index in [1.165, 1.54) is 37.8 Å². The molecule has 0 radical (unpaired) electrons. The molecule has 0 spiro atoms. The molecule has 3 aromatic rings. The molecule has 2 aromatic carbocycles. The van der Waals surface area contributed by atoms with Gasteiger partial charge in [0.05, 0.1) is 17.3 Å². The third-order valence-electron chi connectivity index (χ3n) is 10.6. The van der Waals surface area contributed by atoms with Gasteiger partial charge in [0.2, 0.25) is 21.8 Å². The predicted molar refractivity (Wildman–Crippen MR) is 172 cm³/mol. The summed E-state index contributed by atoms with van der Waals surface area (Å²) >= 11 is 0. The van der Waals surface area contributed by atoms with Crippen molar-refractivity contribution >= 4 is 32.9 Å². The van der Waals surface area contributed by atoms with Crippen LogP contribution in [0.1, 0.15) is 76.2 Å². The fraction of sp³-hybridized carbons (Fsp3) is 0.559. The summed E-state index contributed by atoms with van der Waals surface area (Å²) in [6, 6.07) is 20.7. The van der Waals surface area contributed by atoms with E-state index in [1.54, 1.807) is 4.90 Å². The average molecular weight is 620 g/mol. The van der Waals surface area contributed by atoms with E-state index in [0.717, 1.165) is 56.2 Å². The van der Waals surface area contributed by atoms with Gasteiger partial charge in [-0.2, -0.15) is 0 Å². The molecule has 3 atom stereocenters. The summed E-state index contributed by atoms with van der Waals surface area (Å²) < 4.78 is 27.8. The third kappa shape index (κ3) is 5.78. The molecule has 1 N–H and O–H groups in total. The maximum absolute atomic E-state index is 13.5. The summed E-state index contributed by atoms with van der Waals surface area (Å²) in [6.45, 7) is 7.23. The molecule has 1 aromatic heterocycles. The molecule has 236 valence electrons. The van der Waals surface area contributed by atoms with Crippen molar-refractivity contribution in [2.45, 2.75) is 89.3 Å². The van der Waals surface area contributed by atoms with Crippen molar-refractivity contribution in [2.75, 3.05) is 25.9 Å². The Bertz CT molecular complexity index is 1630. The van der Waals surface area contributed by atoms with Crippen LogP contribution < -0.4 is 4.72 Å². The number of amides is 2. The number of likely N-dealkylation sites (tertiary alicyclic amines) is 1. The molecule has 44 heavy (non-hydrogen) atoms. The number of nitrogens with one attached hydrogen (secondary N) is 1. The lowest BCUT2D eigenvalue weighted by molar-refractivity contribution is -0.149. The molecule has 0 saturated carbocycles. The first-order chi connectivity index (χ1) is 20.9. The number of aromatic nitrogens is 2. The minimum absolute atomic E-state index is 0.0649. The zero-order chi connectivity index (χ0) is 31.3. The molecular weight excluding hydrogens is 574 g/mol. The Morgan fingerprint density at radius 2 is 1.57 bits per heavy atom. The second kappa shape index (κ2) is 11.6. The summed E-state index contributed by atoms with van der Waals surface area (Å²) in [6.07, 6.45) is 8.30. The zero-order valence-corrected chi connectivity index (χ0v) is 27.1. The van der Waals surface area contributed by atoms with Crippen molar-refractivity contribution in [3.63, 3.8) is 0 Å². The van der Waals surface area contributed by atoms with Gasteiger partial charge in [0.1, 0.15) is 11.2 Å². The number of rotatable bonds is 8. The van der Waals surface area contributed by atoms with E-state index < -0.39 is 21.3 Å². The topological polar surface area (TPSA) is 105 Å². The van der Waals surface area contributed by atoms with Crippen molar-refractivity contribution in [1.29, 1.82) is 0 Å². The lowest BCUT2D eigenvalue weighted by Crippen LogP contribution is -2.54. The van der Waals surface area contributed by atoms with Gasteiger partial charge in [0, 0.05) is 31.2 Å². The molecule has 2 bridgehead atoms. The molecule has 3 aliphatic heterocycles. The third-order valence-corrected chi connectivity index (χ3v) is 11.2. The Balaban J connectivity index is 1.15. The lowest BCUT2D eigenvalue weighted by atomic mass is 9.70. The van der Waals surface area contributed by atoms with Gasteiger partial charge in [-0.1, -0.05) is 42.5 Å². The number of aryl methyl sites for hydroxylation is 1. The highest BCUT2D eigenvalue weighted by Crippen LogP contribution is 2.45. The van der Waals surface area contributed by atoms with E-state index in [2.05, 4.69) is 64.9 Å². The lowest BCUT2D eigenvalue weighted by Gasteiger charge is -2.46. The fourth-order valence-corrected chi connectivity index (χ4v) is 8.78. The van der Waals surface area contributed by atoms with Crippen molar-refractivity contribution in [3.05, 3.63) is 66.0 Å². The van der Waals surface area contributed by atoms with Crippen LogP contribution in [0, 0.1) is 12.3 Å². The number of piperidine rings is 2.